The summed E-state index contributed by atoms with van der Waals surface area (Å²) >= 11 is 13.2. The number of rotatable bonds is 6. The minimum atomic E-state index is 0.0417. The molecule has 0 fully saturated rings. The quantitative estimate of drug-likeness (QED) is 0.641. The molecule has 0 aliphatic carbocycles. The van der Waals surface area contributed by atoms with Crippen molar-refractivity contribution in [2.75, 3.05) is 17.8 Å². The third-order valence-electron chi connectivity index (χ3n) is 3.05. The van der Waals surface area contributed by atoms with Gasteiger partial charge in [-0.05, 0) is 31.0 Å². The van der Waals surface area contributed by atoms with Crippen LogP contribution in [0, 0.1) is 0 Å². The summed E-state index contributed by atoms with van der Waals surface area (Å²) in [7, 11) is 1.75. The summed E-state index contributed by atoms with van der Waals surface area (Å²) < 4.78 is 5.39. The van der Waals surface area contributed by atoms with Gasteiger partial charge in [-0.2, -0.15) is 0 Å². The van der Waals surface area contributed by atoms with Crippen molar-refractivity contribution in [3.63, 3.8) is 0 Å². The average molecular weight is 385 g/mol. The van der Waals surface area contributed by atoms with Crippen LogP contribution in [0.1, 0.15) is 18.9 Å². The van der Waals surface area contributed by atoms with E-state index in [0.717, 1.165) is 22.1 Å². The van der Waals surface area contributed by atoms with Crippen LogP contribution in [0.3, 0.4) is 0 Å². The minimum absolute atomic E-state index is 0.0417. The van der Waals surface area contributed by atoms with Gasteiger partial charge >= 0.3 is 0 Å². The van der Waals surface area contributed by atoms with Gasteiger partial charge in [-0.1, -0.05) is 55.6 Å². The van der Waals surface area contributed by atoms with E-state index in [2.05, 4.69) is 50.9 Å². The minimum Gasteiger partial charge on any atom is -0.382 e. The standard InChI is InChI=1S/C13H17Br2ClO/c1-10(17-2)7-13(8-14,9-15)11-3-5-12(16)6-4-11/h3-6,10H,7-9H2,1-2H3. The maximum absolute atomic E-state index is 5.93. The first-order chi connectivity index (χ1) is 8.07. The molecule has 0 saturated carbocycles. The third-order valence-corrected chi connectivity index (χ3v) is 5.45. The van der Waals surface area contributed by atoms with Crippen molar-refractivity contribution in [3.05, 3.63) is 34.9 Å². The zero-order valence-corrected chi connectivity index (χ0v) is 14.0. The largest absolute Gasteiger partial charge is 0.382 e. The van der Waals surface area contributed by atoms with Crippen LogP contribution in [-0.2, 0) is 10.2 Å². The van der Waals surface area contributed by atoms with Crippen molar-refractivity contribution in [2.24, 2.45) is 0 Å². The molecule has 0 spiro atoms. The lowest BCUT2D eigenvalue weighted by Crippen LogP contribution is -2.34. The Morgan fingerprint density at radius 1 is 1.24 bits per heavy atom. The molecule has 17 heavy (non-hydrogen) atoms. The van der Waals surface area contributed by atoms with Gasteiger partial charge in [0.2, 0.25) is 0 Å². The van der Waals surface area contributed by atoms with E-state index < -0.39 is 0 Å². The number of halogens is 3. The van der Waals surface area contributed by atoms with Gasteiger partial charge < -0.3 is 4.74 Å². The Morgan fingerprint density at radius 3 is 2.18 bits per heavy atom. The van der Waals surface area contributed by atoms with Crippen molar-refractivity contribution in [1.29, 1.82) is 0 Å². The second kappa shape index (κ2) is 7.13. The second-order valence-corrected chi connectivity index (χ2v) is 5.86. The molecule has 0 N–H and O–H groups in total. The molecule has 1 aromatic carbocycles. The zero-order chi connectivity index (χ0) is 12.9. The van der Waals surface area contributed by atoms with E-state index in [-0.39, 0.29) is 11.5 Å². The summed E-state index contributed by atoms with van der Waals surface area (Å²) in [5.74, 6) is 0. The van der Waals surface area contributed by atoms with E-state index in [1.807, 2.05) is 12.1 Å². The number of hydrogen-bond acceptors (Lipinski definition) is 1. The fourth-order valence-corrected chi connectivity index (χ4v) is 4.01. The molecular weight excluding hydrogens is 367 g/mol. The molecule has 4 heteroatoms. The fraction of sp³-hybridized carbons (Fsp3) is 0.538. The van der Waals surface area contributed by atoms with E-state index in [1.54, 1.807) is 7.11 Å². The number of alkyl halides is 2. The number of hydrogen-bond donors (Lipinski definition) is 0. The van der Waals surface area contributed by atoms with Gasteiger partial charge in [0.15, 0.2) is 0 Å². The van der Waals surface area contributed by atoms with Crippen LogP contribution in [0.4, 0.5) is 0 Å². The molecule has 1 aromatic rings. The molecule has 0 radical (unpaired) electrons. The lowest BCUT2D eigenvalue weighted by molar-refractivity contribution is 0.0945. The van der Waals surface area contributed by atoms with Gasteiger partial charge in [-0.15, -0.1) is 0 Å². The highest BCUT2D eigenvalue weighted by Crippen LogP contribution is 2.34. The lowest BCUT2D eigenvalue weighted by Gasteiger charge is -2.33. The van der Waals surface area contributed by atoms with E-state index in [4.69, 9.17) is 16.3 Å². The molecule has 1 rings (SSSR count). The topological polar surface area (TPSA) is 9.23 Å². The highest BCUT2D eigenvalue weighted by Gasteiger charge is 2.32. The number of benzene rings is 1. The van der Waals surface area contributed by atoms with Crippen LogP contribution in [0.5, 0.6) is 0 Å². The van der Waals surface area contributed by atoms with Gasteiger partial charge in [-0.25, -0.2) is 0 Å². The Labute approximate surface area is 125 Å². The first-order valence-electron chi connectivity index (χ1n) is 5.49. The maximum atomic E-state index is 5.93. The summed E-state index contributed by atoms with van der Waals surface area (Å²) in [5, 5.41) is 2.55. The Morgan fingerprint density at radius 2 is 1.76 bits per heavy atom. The van der Waals surface area contributed by atoms with Gasteiger partial charge in [0, 0.05) is 28.2 Å². The van der Waals surface area contributed by atoms with E-state index >= 15 is 0 Å². The van der Waals surface area contributed by atoms with E-state index in [1.165, 1.54) is 5.56 Å². The lowest BCUT2D eigenvalue weighted by atomic mass is 9.80. The SMILES string of the molecule is COC(C)CC(CBr)(CBr)c1ccc(Cl)cc1. The predicted molar refractivity (Wildman–Crippen MR) is 81.8 cm³/mol. The van der Waals surface area contributed by atoms with E-state index in [9.17, 15) is 0 Å². The van der Waals surface area contributed by atoms with Crippen LogP contribution in [0.2, 0.25) is 5.02 Å². The van der Waals surface area contributed by atoms with Crippen LogP contribution < -0.4 is 0 Å². The predicted octanol–water partition coefficient (Wildman–Crippen LogP) is 4.79. The average Bonchev–Trinajstić information content (AvgIpc) is 2.37. The van der Waals surface area contributed by atoms with Crippen LogP contribution in [0.15, 0.2) is 24.3 Å². The van der Waals surface area contributed by atoms with Crippen molar-refractivity contribution in [2.45, 2.75) is 24.9 Å². The Kier molecular flexibility index (Phi) is 6.49. The van der Waals surface area contributed by atoms with Crippen LogP contribution in [-0.4, -0.2) is 23.9 Å². The fourth-order valence-electron chi connectivity index (χ4n) is 1.85. The normalized spacial score (nSPS) is 13.7. The number of methoxy groups -OCH3 is 1. The molecular formula is C13H17Br2ClO. The van der Waals surface area contributed by atoms with Gasteiger partial charge in [0.1, 0.15) is 0 Å². The summed E-state index contributed by atoms with van der Waals surface area (Å²) in [6, 6.07) is 8.06. The molecule has 0 aliphatic heterocycles. The molecule has 0 amide bonds. The van der Waals surface area contributed by atoms with Crippen molar-refractivity contribution >= 4 is 43.5 Å². The molecule has 0 saturated heterocycles. The Hall–Kier alpha value is 0.430. The van der Waals surface area contributed by atoms with Gasteiger partial charge in [0.05, 0.1) is 6.10 Å². The van der Waals surface area contributed by atoms with E-state index in [0.29, 0.717) is 0 Å². The summed E-state index contributed by atoms with van der Waals surface area (Å²) in [6.07, 6.45) is 1.18. The molecule has 0 heterocycles. The summed E-state index contributed by atoms with van der Waals surface area (Å²) in [4.78, 5) is 0. The highest BCUT2D eigenvalue weighted by molar-refractivity contribution is 9.09. The Balaban J connectivity index is 3.01. The molecule has 0 aliphatic rings. The molecule has 1 nitrogen and oxygen atoms in total. The number of ether oxygens (including phenoxy) is 1. The zero-order valence-electron chi connectivity index (χ0n) is 10.1. The van der Waals surface area contributed by atoms with Crippen molar-refractivity contribution in [3.8, 4) is 0 Å². The molecule has 1 atom stereocenters. The third kappa shape index (κ3) is 3.95. The summed E-state index contributed by atoms with van der Waals surface area (Å²) in [5.41, 5.74) is 1.32. The monoisotopic (exact) mass is 382 g/mol. The van der Waals surface area contributed by atoms with Gasteiger partial charge in [0.25, 0.3) is 0 Å². The highest BCUT2D eigenvalue weighted by atomic mass is 79.9. The molecule has 96 valence electrons. The van der Waals surface area contributed by atoms with Crippen molar-refractivity contribution in [1.82, 2.24) is 0 Å². The first kappa shape index (κ1) is 15.5. The smallest absolute Gasteiger partial charge is 0.0552 e. The molecule has 0 aromatic heterocycles. The Bertz CT molecular complexity index is 336. The maximum Gasteiger partial charge on any atom is 0.0552 e. The molecule has 0 bridgehead atoms. The van der Waals surface area contributed by atoms with Crippen LogP contribution in [0.25, 0.3) is 0 Å². The van der Waals surface area contributed by atoms with Gasteiger partial charge in [-0.3, -0.25) is 0 Å². The van der Waals surface area contributed by atoms with Crippen molar-refractivity contribution < 1.29 is 4.74 Å². The summed E-state index contributed by atoms with van der Waals surface area (Å²) in [6.45, 7) is 2.09. The van der Waals surface area contributed by atoms with Crippen LogP contribution >= 0.6 is 43.5 Å². The molecule has 1 unspecified atom stereocenters. The first-order valence-corrected chi connectivity index (χ1v) is 8.11. The second-order valence-electron chi connectivity index (χ2n) is 4.30.